The molecule has 2 aliphatic rings. The summed E-state index contributed by atoms with van der Waals surface area (Å²) in [6, 6.07) is 7.83. The van der Waals surface area contributed by atoms with Crippen molar-refractivity contribution in [3.63, 3.8) is 0 Å². The largest absolute Gasteiger partial charge is 0.479 e. The Morgan fingerprint density at radius 2 is 1.71 bits per heavy atom. The van der Waals surface area contributed by atoms with E-state index in [0.29, 0.717) is 36.0 Å². The lowest BCUT2D eigenvalue weighted by atomic mass is 10.00. The number of methoxy groups -OCH3 is 1. The predicted molar refractivity (Wildman–Crippen MR) is 164 cm³/mol. The van der Waals surface area contributed by atoms with Crippen LogP contribution in [0, 0.1) is 0 Å². The molecular formula is C34H44F2N4O2. The van der Waals surface area contributed by atoms with Gasteiger partial charge in [0.25, 0.3) is 5.92 Å². The fraction of sp³-hybridized carbons (Fsp3) is 0.500. The normalized spacial score (nSPS) is 16.3. The van der Waals surface area contributed by atoms with Crippen LogP contribution in [-0.2, 0) is 13.7 Å². The van der Waals surface area contributed by atoms with Crippen molar-refractivity contribution in [1.82, 2.24) is 19.7 Å². The van der Waals surface area contributed by atoms with E-state index >= 15 is 0 Å². The second-order valence-corrected chi connectivity index (χ2v) is 11.0. The molecular weight excluding hydrogens is 534 g/mol. The Hall–Kier alpha value is -3.55. The summed E-state index contributed by atoms with van der Waals surface area (Å²) in [5.41, 5.74) is 5.65. The highest BCUT2D eigenvalue weighted by atomic mass is 19.3. The molecule has 3 aromatic rings. The van der Waals surface area contributed by atoms with Gasteiger partial charge in [0.15, 0.2) is 5.82 Å². The average Bonchev–Trinajstić information content (AvgIpc) is 3.55. The van der Waals surface area contributed by atoms with Crippen LogP contribution < -0.4 is 9.47 Å². The van der Waals surface area contributed by atoms with Crippen molar-refractivity contribution in [3.8, 4) is 23.1 Å². The SMILES string of the molecule is C/C=C(\C=C(/C)c1ccc(COc2nc(-c3c(OC)nn(C)c3C3CC3)ncc2C2CCCC2)cc1)C(C)(F)F.CC. The third-order valence-corrected chi connectivity index (χ3v) is 7.99. The molecule has 0 bridgehead atoms. The molecule has 0 spiro atoms. The van der Waals surface area contributed by atoms with E-state index in [2.05, 4.69) is 5.10 Å². The van der Waals surface area contributed by atoms with Crippen LogP contribution in [0.2, 0.25) is 0 Å². The average molecular weight is 579 g/mol. The molecule has 0 radical (unpaired) electrons. The smallest absolute Gasteiger partial charge is 0.270 e. The van der Waals surface area contributed by atoms with Crippen LogP contribution in [0.15, 0.2) is 48.2 Å². The summed E-state index contributed by atoms with van der Waals surface area (Å²) in [6.45, 7) is 8.74. The third kappa shape index (κ3) is 7.08. The van der Waals surface area contributed by atoms with Crippen LogP contribution >= 0.6 is 0 Å². The fourth-order valence-corrected chi connectivity index (χ4v) is 5.61. The van der Waals surface area contributed by atoms with Gasteiger partial charge in [-0.05, 0) is 68.2 Å². The van der Waals surface area contributed by atoms with Crippen LogP contribution in [0.3, 0.4) is 0 Å². The number of hydrogen-bond acceptors (Lipinski definition) is 5. The molecule has 0 saturated heterocycles. The molecule has 5 rings (SSSR count). The van der Waals surface area contributed by atoms with Gasteiger partial charge >= 0.3 is 0 Å². The lowest BCUT2D eigenvalue weighted by Gasteiger charge is -2.16. The van der Waals surface area contributed by atoms with E-state index in [-0.39, 0.29) is 5.57 Å². The maximum absolute atomic E-state index is 13.8. The summed E-state index contributed by atoms with van der Waals surface area (Å²) in [4.78, 5) is 9.75. The lowest BCUT2D eigenvalue weighted by Crippen LogP contribution is -2.12. The Balaban J connectivity index is 0.00000198. The molecule has 2 fully saturated rings. The zero-order valence-electron chi connectivity index (χ0n) is 26.0. The summed E-state index contributed by atoms with van der Waals surface area (Å²) >= 11 is 0. The lowest BCUT2D eigenvalue weighted by molar-refractivity contribution is 0.0674. The van der Waals surface area contributed by atoms with Gasteiger partial charge in [-0.15, -0.1) is 5.10 Å². The quantitative estimate of drug-likeness (QED) is 0.225. The number of aryl methyl sites for hydroxylation is 1. The molecule has 8 heteroatoms. The van der Waals surface area contributed by atoms with Crippen molar-refractivity contribution in [2.75, 3.05) is 7.11 Å². The summed E-state index contributed by atoms with van der Waals surface area (Å²) < 4.78 is 41.5. The van der Waals surface area contributed by atoms with E-state index in [1.165, 1.54) is 18.9 Å². The summed E-state index contributed by atoms with van der Waals surface area (Å²) in [7, 11) is 3.57. The molecule has 2 heterocycles. The molecule has 0 amide bonds. The van der Waals surface area contributed by atoms with Gasteiger partial charge in [0.2, 0.25) is 11.8 Å². The number of nitrogens with zero attached hydrogens (tertiary/aromatic N) is 4. The topological polar surface area (TPSA) is 62.1 Å². The maximum Gasteiger partial charge on any atom is 0.270 e. The predicted octanol–water partition coefficient (Wildman–Crippen LogP) is 9.03. The third-order valence-electron chi connectivity index (χ3n) is 7.99. The Kier molecular flexibility index (Phi) is 10.2. The minimum absolute atomic E-state index is 0.00603. The zero-order valence-corrected chi connectivity index (χ0v) is 26.0. The first-order valence-corrected chi connectivity index (χ1v) is 15.1. The molecule has 226 valence electrons. The molecule has 0 atom stereocenters. The van der Waals surface area contributed by atoms with Crippen molar-refractivity contribution >= 4 is 5.57 Å². The summed E-state index contributed by atoms with van der Waals surface area (Å²) in [6.07, 6.45) is 11.8. The zero-order chi connectivity index (χ0) is 30.4. The van der Waals surface area contributed by atoms with E-state index in [1.54, 1.807) is 20.1 Å². The van der Waals surface area contributed by atoms with Gasteiger partial charge in [-0.1, -0.05) is 57.0 Å². The molecule has 2 aromatic heterocycles. The first kappa shape index (κ1) is 31.4. The minimum Gasteiger partial charge on any atom is -0.479 e. The van der Waals surface area contributed by atoms with Crippen LogP contribution in [0.5, 0.6) is 11.8 Å². The highest BCUT2D eigenvalue weighted by molar-refractivity contribution is 5.68. The number of ether oxygens (including phenoxy) is 2. The number of rotatable bonds is 10. The van der Waals surface area contributed by atoms with Crippen LogP contribution in [0.4, 0.5) is 8.78 Å². The van der Waals surface area contributed by atoms with Crippen molar-refractivity contribution in [2.45, 2.75) is 97.5 Å². The van der Waals surface area contributed by atoms with Gasteiger partial charge in [-0.2, -0.15) is 4.98 Å². The Labute approximate surface area is 248 Å². The van der Waals surface area contributed by atoms with Crippen LogP contribution in [0.25, 0.3) is 17.0 Å². The van der Waals surface area contributed by atoms with Gasteiger partial charge in [0.05, 0.1) is 12.8 Å². The van der Waals surface area contributed by atoms with Crippen molar-refractivity contribution in [2.24, 2.45) is 7.05 Å². The maximum atomic E-state index is 13.8. The first-order chi connectivity index (χ1) is 20.2. The second kappa shape index (κ2) is 13.6. The summed E-state index contributed by atoms with van der Waals surface area (Å²) in [5.74, 6) is -0.335. The number of halogens is 2. The summed E-state index contributed by atoms with van der Waals surface area (Å²) in [5, 5.41) is 4.57. The van der Waals surface area contributed by atoms with Crippen LogP contribution in [-0.4, -0.2) is 32.8 Å². The second-order valence-electron chi connectivity index (χ2n) is 11.0. The van der Waals surface area contributed by atoms with E-state index in [1.807, 2.05) is 63.0 Å². The number of hydrogen-bond donors (Lipinski definition) is 0. The Morgan fingerprint density at radius 3 is 2.29 bits per heavy atom. The minimum atomic E-state index is -2.88. The van der Waals surface area contributed by atoms with Gasteiger partial charge in [0, 0.05) is 37.2 Å². The van der Waals surface area contributed by atoms with E-state index < -0.39 is 5.92 Å². The molecule has 2 aliphatic carbocycles. The number of alkyl halides is 2. The number of benzene rings is 1. The molecule has 0 unspecified atom stereocenters. The van der Waals surface area contributed by atoms with E-state index in [0.717, 1.165) is 66.1 Å². The Morgan fingerprint density at radius 1 is 1.05 bits per heavy atom. The molecule has 2 saturated carbocycles. The van der Waals surface area contributed by atoms with Gasteiger partial charge in [-0.25, -0.2) is 13.8 Å². The van der Waals surface area contributed by atoms with Gasteiger partial charge in [0.1, 0.15) is 12.2 Å². The molecule has 1 aromatic carbocycles. The Bertz CT molecular complexity index is 1410. The number of aromatic nitrogens is 4. The highest BCUT2D eigenvalue weighted by Crippen LogP contribution is 2.47. The van der Waals surface area contributed by atoms with Crippen molar-refractivity contribution < 1.29 is 18.3 Å². The first-order valence-electron chi connectivity index (χ1n) is 15.1. The highest BCUT2D eigenvalue weighted by Gasteiger charge is 2.34. The monoisotopic (exact) mass is 578 g/mol. The van der Waals surface area contributed by atoms with Gasteiger partial charge < -0.3 is 9.47 Å². The fourth-order valence-electron chi connectivity index (χ4n) is 5.61. The van der Waals surface area contributed by atoms with Gasteiger partial charge in [-0.3, -0.25) is 4.68 Å². The van der Waals surface area contributed by atoms with Crippen molar-refractivity contribution in [3.05, 3.63) is 70.6 Å². The van der Waals surface area contributed by atoms with Crippen LogP contribution in [0.1, 0.15) is 107 Å². The molecule has 42 heavy (non-hydrogen) atoms. The number of allylic oxidation sites excluding steroid dienone is 4. The van der Waals surface area contributed by atoms with Crippen molar-refractivity contribution in [1.29, 1.82) is 0 Å². The van der Waals surface area contributed by atoms with E-state index in [4.69, 9.17) is 19.4 Å². The van der Waals surface area contributed by atoms with E-state index in [9.17, 15) is 8.78 Å². The molecule has 0 aliphatic heterocycles. The molecule has 0 N–H and O–H groups in total. The molecule has 6 nitrogen and oxygen atoms in total. The standard InChI is InChI=1S/C32H38F2N4O2.C2H6/c1-6-25(32(3,33)34)17-20(2)22-13-11-21(12-14-22)19-40-30-26(23-9-7-8-10-23)18-35-29(36-30)27-28(24-15-16-24)38(4)37-31(27)39-5;1-2/h6,11-14,17-18,23-24H,7-10,15-16,19H2,1-5H3;1-2H3/b20-17+,25-6+;.